The number of rotatable bonds is 9. The van der Waals surface area contributed by atoms with Gasteiger partial charge < -0.3 is 4.43 Å². The molecular weight excluding hydrogens is 440 g/mol. The fraction of sp³-hybridized carbons (Fsp3) is 0.939. The van der Waals surface area contributed by atoms with Crippen LogP contribution in [0.3, 0.4) is 0 Å². The molecule has 3 saturated carbocycles. The Morgan fingerprint density at radius 1 is 0.914 bits per heavy atom. The van der Waals surface area contributed by atoms with Gasteiger partial charge in [-0.2, -0.15) is 0 Å². The monoisotopic (exact) mass is 500 g/mol. The molecule has 0 aromatic heterocycles. The maximum Gasteiger partial charge on any atom is 0.192 e. The van der Waals surface area contributed by atoms with Crippen molar-refractivity contribution in [2.45, 2.75) is 162 Å². The van der Waals surface area contributed by atoms with Crippen molar-refractivity contribution in [2.75, 3.05) is 0 Å². The Labute approximate surface area is 220 Å². The quantitative estimate of drug-likeness (QED) is 0.174. The van der Waals surface area contributed by atoms with Gasteiger partial charge >= 0.3 is 0 Å². The summed E-state index contributed by atoms with van der Waals surface area (Å²) in [6.07, 6.45) is 24.7. The van der Waals surface area contributed by atoms with Crippen molar-refractivity contribution in [3.05, 3.63) is 11.6 Å². The summed E-state index contributed by atoms with van der Waals surface area (Å²) < 4.78 is 6.94. The molecule has 0 aromatic rings. The van der Waals surface area contributed by atoms with Gasteiger partial charge in [0.2, 0.25) is 0 Å². The summed E-state index contributed by atoms with van der Waals surface area (Å²) in [5, 5.41) is 0.308. The van der Waals surface area contributed by atoms with E-state index in [4.69, 9.17) is 4.43 Å². The van der Waals surface area contributed by atoms with Crippen LogP contribution < -0.4 is 0 Å². The molecule has 2 heteroatoms. The minimum absolute atomic E-state index is 0.308. The van der Waals surface area contributed by atoms with Gasteiger partial charge in [0.15, 0.2) is 8.32 Å². The van der Waals surface area contributed by atoms with Gasteiger partial charge in [-0.25, -0.2) is 0 Å². The lowest BCUT2D eigenvalue weighted by atomic mass is 9.47. The number of hydrogen-bond donors (Lipinski definition) is 0. The van der Waals surface area contributed by atoms with Crippen molar-refractivity contribution < 1.29 is 4.43 Å². The molecule has 202 valence electrons. The predicted molar refractivity (Wildman–Crippen MR) is 155 cm³/mol. The first kappa shape index (κ1) is 27.9. The normalized spacial score (nSPS) is 39.5. The van der Waals surface area contributed by atoms with Crippen molar-refractivity contribution in [1.82, 2.24) is 0 Å². The summed E-state index contributed by atoms with van der Waals surface area (Å²) in [5.74, 6) is 3.88. The zero-order valence-corrected chi connectivity index (χ0v) is 26.0. The molecule has 0 aromatic carbocycles. The molecule has 7 atom stereocenters. The van der Waals surface area contributed by atoms with Gasteiger partial charge in [0.25, 0.3) is 0 Å². The Morgan fingerprint density at radius 3 is 2.34 bits per heavy atom. The highest BCUT2D eigenvalue weighted by Crippen LogP contribution is 2.67. The van der Waals surface area contributed by atoms with Gasteiger partial charge in [0.05, 0.1) is 0 Å². The molecule has 0 saturated heterocycles. The van der Waals surface area contributed by atoms with Gasteiger partial charge in [-0.15, -0.1) is 0 Å². The highest BCUT2D eigenvalue weighted by molar-refractivity contribution is 6.74. The summed E-state index contributed by atoms with van der Waals surface area (Å²) in [6.45, 7) is 19.8. The zero-order chi connectivity index (χ0) is 25.5. The molecule has 4 aliphatic rings. The second kappa shape index (κ2) is 10.6. The zero-order valence-electron chi connectivity index (χ0n) is 25.0. The van der Waals surface area contributed by atoms with Crippen molar-refractivity contribution in [3.8, 4) is 0 Å². The number of hydrogen-bond acceptors (Lipinski definition) is 1. The van der Waals surface area contributed by atoms with E-state index in [2.05, 4.69) is 60.7 Å². The Bertz CT molecular complexity index is 747. The highest BCUT2D eigenvalue weighted by Gasteiger charge is 2.58. The van der Waals surface area contributed by atoms with Crippen LogP contribution in [-0.4, -0.2) is 14.4 Å². The Kier molecular flexibility index (Phi) is 8.45. The van der Waals surface area contributed by atoms with E-state index >= 15 is 0 Å². The SMILES string of the molecule is CCCCCCCC[C@H]1CC[C@H]2[C@@H]3CC=C4CC(O[Si](C)(C)C(C)(C)C)CC[C@]4(C)[C@H]3CC[C@]12C. The van der Waals surface area contributed by atoms with E-state index in [0.717, 1.165) is 23.7 Å². The Hall–Kier alpha value is -0.0831. The summed E-state index contributed by atoms with van der Waals surface area (Å²) in [6, 6.07) is 0. The molecule has 4 rings (SSSR count). The van der Waals surface area contributed by atoms with Gasteiger partial charge in [0, 0.05) is 6.10 Å². The van der Waals surface area contributed by atoms with Crippen molar-refractivity contribution in [3.63, 3.8) is 0 Å². The van der Waals surface area contributed by atoms with E-state index < -0.39 is 8.32 Å². The third-order valence-electron chi connectivity index (χ3n) is 12.4. The average molecular weight is 501 g/mol. The second-order valence-corrected chi connectivity index (χ2v) is 20.1. The van der Waals surface area contributed by atoms with Crippen LogP contribution in [0.2, 0.25) is 18.1 Å². The van der Waals surface area contributed by atoms with Crippen LogP contribution in [0.15, 0.2) is 11.6 Å². The van der Waals surface area contributed by atoms with Crippen LogP contribution in [0, 0.1) is 34.5 Å². The topological polar surface area (TPSA) is 9.23 Å². The van der Waals surface area contributed by atoms with E-state index in [9.17, 15) is 0 Å². The van der Waals surface area contributed by atoms with Crippen molar-refractivity contribution >= 4 is 8.32 Å². The lowest BCUT2D eigenvalue weighted by Gasteiger charge is -2.58. The van der Waals surface area contributed by atoms with Gasteiger partial charge in [-0.3, -0.25) is 0 Å². The lowest BCUT2D eigenvalue weighted by Crippen LogP contribution is -2.51. The molecule has 4 aliphatic carbocycles. The number of allylic oxidation sites excluding steroid dienone is 1. The molecule has 0 aliphatic heterocycles. The van der Waals surface area contributed by atoms with Crippen LogP contribution >= 0.6 is 0 Å². The van der Waals surface area contributed by atoms with E-state index in [1.54, 1.807) is 5.57 Å². The Morgan fingerprint density at radius 2 is 1.63 bits per heavy atom. The second-order valence-electron chi connectivity index (χ2n) is 15.4. The van der Waals surface area contributed by atoms with E-state index in [1.165, 1.54) is 96.3 Å². The minimum Gasteiger partial charge on any atom is -0.414 e. The number of fused-ring (bicyclic) bond motifs is 5. The molecule has 35 heavy (non-hydrogen) atoms. The van der Waals surface area contributed by atoms with E-state index in [1.807, 2.05) is 0 Å². The van der Waals surface area contributed by atoms with Crippen LogP contribution in [0.25, 0.3) is 0 Å². The first-order valence-corrected chi connectivity index (χ1v) is 18.7. The molecule has 1 nitrogen and oxygen atoms in total. The van der Waals surface area contributed by atoms with Crippen LogP contribution in [0.1, 0.15) is 138 Å². The molecule has 0 N–H and O–H groups in total. The third-order valence-corrected chi connectivity index (χ3v) is 17.0. The maximum atomic E-state index is 6.94. The van der Waals surface area contributed by atoms with E-state index in [-0.39, 0.29) is 0 Å². The largest absolute Gasteiger partial charge is 0.414 e. The first-order valence-electron chi connectivity index (χ1n) is 15.8. The van der Waals surface area contributed by atoms with Gasteiger partial charge in [0.1, 0.15) is 0 Å². The number of unbranched alkanes of at least 4 members (excludes halogenated alkanes) is 5. The predicted octanol–water partition coefficient (Wildman–Crippen LogP) is 10.7. The smallest absolute Gasteiger partial charge is 0.192 e. The molecule has 1 unspecified atom stereocenters. The highest BCUT2D eigenvalue weighted by atomic mass is 28.4. The van der Waals surface area contributed by atoms with Gasteiger partial charge in [-0.05, 0) is 110 Å². The summed E-state index contributed by atoms with van der Waals surface area (Å²) in [5.41, 5.74) is 2.88. The van der Waals surface area contributed by atoms with Crippen LogP contribution in [0.4, 0.5) is 0 Å². The van der Waals surface area contributed by atoms with Crippen molar-refractivity contribution in [1.29, 1.82) is 0 Å². The third kappa shape index (κ3) is 5.41. The minimum atomic E-state index is -1.69. The standard InChI is InChI=1S/C33H60OSi/c1-9-10-11-12-13-14-15-25-17-19-29-28-18-16-26-24-27(34-35(7,8)31(2,3)4)20-22-33(26,6)30(28)21-23-32(25,29)5/h16,25,27-30H,9-15,17-24H2,1-8H3/t25-,27?,28-,29-,30-,32+,33-/m0/s1. The lowest BCUT2D eigenvalue weighted by molar-refractivity contribution is -0.0499. The summed E-state index contributed by atoms with van der Waals surface area (Å²) >= 11 is 0. The van der Waals surface area contributed by atoms with Crippen LogP contribution in [0.5, 0.6) is 0 Å². The fourth-order valence-electron chi connectivity index (χ4n) is 9.08. The van der Waals surface area contributed by atoms with E-state index in [0.29, 0.717) is 22.0 Å². The molecule has 0 heterocycles. The van der Waals surface area contributed by atoms with Gasteiger partial charge in [-0.1, -0.05) is 91.7 Å². The van der Waals surface area contributed by atoms with Crippen LogP contribution in [-0.2, 0) is 4.43 Å². The summed E-state index contributed by atoms with van der Waals surface area (Å²) in [4.78, 5) is 0. The average Bonchev–Trinajstić information content (AvgIpc) is 3.12. The molecule has 0 radical (unpaired) electrons. The fourth-order valence-corrected chi connectivity index (χ4v) is 10.5. The maximum absolute atomic E-state index is 6.94. The Balaban J connectivity index is 1.39. The summed E-state index contributed by atoms with van der Waals surface area (Å²) in [7, 11) is -1.69. The molecular formula is C33H60OSi. The van der Waals surface area contributed by atoms with Crippen molar-refractivity contribution in [2.24, 2.45) is 34.5 Å². The molecule has 0 amide bonds. The molecule has 3 fully saturated rings. The first-order chi connectivity index (χ1) is 16.4. The molecule has 0 bridgehead atoms. The molecule has 0 spiro atoms.